The topological polar surface area (TPSA) is 80.0 Å². The van der Waals surface area contributed by atoms with Crippen molar-refractivity contribution in [3.8, 4) is 0 Å². The summed E-state index contributed by atoms with van der Waals surface area (Å²) in [5.74, 6) is 0.804. The van der Waals surface area contributed by atoms with Gasteiger partial charge >= 0.3 is 0 Å². The van der Waals surface area contributed by atoms with E-state index in [2.05, 4.69) is 15.6 Å². The van der Waals surface area contributed by atoms with Gasteiger partial charge in [-0.3, -0.25) is 4.79 Å². The summed E-state index contributed by atoms with van der Waals surface area (Å²) in [6.45, 7) is 3.19. The largest absolute Gasteiger partial charge is 0.396 e. The van der Waals surface area contributed by atoms with Crippen LogP contribution in [0.4, 0.5) is 11.5 Å². The Balaban J connectivity index is 1.99. The fourth-order valence-electron chi connectivity index (χ4n) is 1.64. The second-order valence-electron chi connectivity index (χ2n) is 4.27. The molecule has 1 rings (SSSR count). The lowest BCUT2D eigenvalue weighted by molar-refractivity contribution is -0.118. The fraction of sp³-hybridized carbons (Fsp3) is 0.538. The molecule has 5 heteroatoms. The van der Waals surface area contributed by atoms with E-state index in [4.69, 9.17) is 5.73 Å². The highest BCUT2D eigenvalue weighted by Gasteiger charge is 1.97. The number of carbonyl (C=O) groups excluding carboxylic acids is 1. The van der Waals surface area contributed by atoms with Gasteiger partial charge < -0.3 is 16.4 Å². The molecule has 0 aromatic carbocycles. The molecule has 1 heterocycles. The first-order valence-electron chi connectivity index (χ1n) is 6.39. The molecule has 0 radical (unpaired) electrons. The van der Waals surface area contributed by atoms with Gasteiger partial charge in [-0.2, -0.15) is 0 Å². The number of nitrogens with two attached hydrogens (primary N) is 1. The van der Waals surface area contributed by atoms with E-state index >= 15 is 0 Å². The highest BCUT2D eigenvalue weighted by Crippen LogP contribution is 2.12. The Morgan fingerprint density at radius 3 is 2.67 bits per heavy atom. The molecular formula is C13H22N4O. The molecular weight excluding hydrogens is 228 g/mol. The first-order valence-corrected chi connectivity index (χ1v) is 6.39. The molecule has 5 nitrogen and oxygen atoms in total. The smallest absolute Gasteiger partial charge is 0.216 e. The molecule has 1 aromatic heterocycles. The molecule has 0 aliphatic rings. The minimum atomic E-state index is 0.0438. The average Bonchev–Trinajstić information content (AvgIpc) is 2.34. The number of nitrogens with one attached hydrogen (secondary N) is 2. The normalized spacial score (nSPS) is 10.1. The zero-order valence-corrected chi connectivity index (χ0v) is 10.9. The predicted octanol–water partition coefficient (Wildman–Crippen LogP) is 1.77. The molecule has 1 aromatic rings. The number of aromatic nitrogens is 1. The van der Waals surface area contributed by atoms with Gasteiger partial charge in [0.2, 0.25) is 5.91 Å². The lowest BCUT2D eigenvalue weighted by atomic mass is 10.2. The minimum Gasteiger partial charge on any atom is -0.396 e. The van der Waals surface area contributed by atoms with Gasteiger partial charge in [-0.1, -0.05) is 12.8 Å². The minimum absolute atomic E-state index is 0.0438. The maximum absolute atomic E-state index is 10.6. The molecule has 1 amide bonds. The molecule has 18 heavy (non-hydrogen) atoms. The van der Waals surface area contributed by atoms with Gasteiger partial charge in [0.15, 0.2) is 0 Å². The number of unbranched alkanes of at least 4 members (excludes halogenated alkanes) is 3. The Hall–Kier alpha value is -1.78. The van der Waals surface area contributed by atoms with Crippen molar-refractivity contribution in [2.45, 2.75) is 32.6 Å². The highest BCUT2D eigenvalue weighted by molar-refractivity contribution is 5.72. The average molecular weight is 250 g/mol. The molecule has 0 aliphatic heterocycles. The Labute approximate surface area is 108 Å². The third kappa shape index (κ3) is 6.08. The summed E-state index contributed by atoms with van der Waals surface area (Å²) >= 11 is 0. The van der Waals surface area contributed by atoms with E-state index in [1.807, 2.05) is 12.1 Å². The fourth-order valence-corrected chi connectivity index (χ4v) is 1.64. The first kappa shape index (κ1) is 14.3. The number of nitrogen functional groups attached to an aromatic ring is 1. The Morgan fingerprint density at radius 2 is 2.00 bits per heavy atom. The summed E-state index contributed by atoms with van der Waals surface area (Å²) in [5, 5.41) is 6.00. The van der Waals surface area contributed by atoms with Crippen LogP contribution in [0.3, 0.4) is 0 Å². The maximum atomic E-state index is 10.6. The third-order valence-electron chi connectivity index (χ3n) is 2.61. The van der Waals surface area contributed by atoms with Crippen molar-refractivity contribution in [3.63, 3.8) is 0 Å². The third-order valence-corrected chi connectivity index (χ3v) is 2.61. The molecule has 4 N–H and O–H groups in total. The van der Waals surface area contributed by atoms with Crippen molar-refractivity contribution in [3.05, 3.63) is 18.3 Å². The molecule has 0 atom stereocenters. The van der Waals surface area contributed by atoms with Crippen LogP contribution in [-0.2, 0) is 4.79 Å². The predicted molar refractivity (Wildman–Crippen MR) is 74.3 cm³/mol. The van der Waals surface area contributed by atoms with E-state index in [9.17, 15) is 4.79 Å². The number of hydrogen-bond acceptors (Lipinski definition) is 4. The Bertz CT molecular complexity index is 368. The number of pyridine rings is 1. The number of hydrogen-bond donors (Lipinski definition) is 3. The molecule has 0 unspecified atom stereocenters. The summed E-state index contributed by atoms with van der Waals surface area (Å²) in [5.41, 5.74) is 6.45. The van der Waals surface area contributed by atoms with Gasteiger partial charge in [-0.25, -0.2) is 4.98 Å². The number of nitrogens with zero attached hydrogens (tertiary/aromatic N) is 1. The quantitative estimate of drug-likeness (QED) is 0.614. The Kier molecular flexibility index (Phi) is 6.61. The van der Waals surface area contributed by atoms with Gasteiger partial charge in [-0.05, 0) is 25.0 Å². The van der Waals surface area contributed by atoms with Gasteiger partial charge in [0, 0.05) is 26.2 Å². The summed E-state index contributed by atoms with van der Waals surface area (Å²) in [7, 11) is 0. The second kappa shape index (κ2) is 8.33. The van der Waals surface area contributed by atoms with Gasteiger partial charge in [-0.15, -0.1) is 0 Å². The van der Waals surface area contributed by atoms with Crippen molar-refractivity contribution in [1.29, 1.82) is 0 Å². The first-order chi connectivity index (χ1) is 8.70. The van der Waals surface area contributed by atoms with Crippen LogP contribution in [0.5, 0.6) is 0 Å². The monoisotopic (exact) mass is 250 g/mol. The lowest BCUT2D eigenvalue weighted by Crippen LogP contribution is -2.20. The van der Waals surface area contributed by atoms with Gasteiger partial charge in [0.25, 0.3) is 0 Å². The molecule has 0 fully saturated rings. The van der Waals surface area contributed by atoms with Gasteiger partial charge in [0.05, 0.1) is 5.69 Å². The van der Waals surface area contributed by atoms with E-state index in [1.54, 1.807) is 13.1 Å². The number of anilines is 2. The van der Waals surface area contributed by atoms with E-state index in [0.717, 1.165) is 44.6 Å². The number of amides is 1. The molecule has 100 valence electrons. The lowest BCUT2D eigenvalue weighted by Gasteiger charge is -2.07. The van der Waals surface area contributed by atoms with Gasteiger partial charge in [0.1, 0.15) is 5.82 Å². The van der Waals surface area contributed by atoms with Crippen LogP contribution in [-0.4, -0.2) is 24.0 Å². The molecule has 0 spiro atoms. The van der Waals surface area contributed by atoms with Crippen molar-refractivity contribution in [1.82, 2.24) is 10.3 Å². The standard InChI is InChI=1S/C13H22N4O/c1-11(18)15-8-4-2-3-5-9-16-13-12(14)7-6-10-17-13/h6-7,10H,2-5,8-9,14H2,1H3,(H,15,18)(H,16,17). The highest BCUT2D eigenvalue weighted by atomic mass is 16.1. The van der Waals surface area contributed by atoms with Crippen LogP contribution >= 0.6 is 0 Å². The summed E-state index contributed by atoms with van der Waals surface area (Å²) in [4.78, 5) is 14.8. The van der Waals surface area contributed by atoms with Crippen LogP contribution in [0.2, 0.25) is 0 Å². The molecule has 0 aliphatic carbocycles. The van der Waals surface area contributed by atoms with Crippen LogP contribution < -0.4 is 16.4 Å². The molecule has 0 bridgehead atoms. The summed E-state index contributed by atoms with van der Waals surface area (Å²) in [6, 6.07) is 3.66. The second-order valence-corrected chi connectivity index (χ2v) is 4.27. The van der Waals surface area contributed by atoms with Crippen molar-refractivity contribution >= 4 is 17.4 Å². The zero-order valence-electron chi connectivity index (χ0n) is 10.9. The van der Waals surface area contributed by atoms with E-state index < -0.39 is 0 Å². The maximum Gasteiger partial charge on any atom is 0.216 e. The van der Waals surface area contributed by atoms with E-state index in [-0.39, 0.29) is 5.91 Å². The van der Waals surface area contributed by atoms with Crippen LogP contribution in [0.25, 0.3) is 0 Å². The van der Waals surface area contributed by atoms with Crippen LogP contribution in [0.15, 0.2) is 18.3 Å². The SMILES string of the molecule is CC(=O)NCCCCCCNc1ncccc1N. The van der Waals surface area contributed by atoms with Crippen molar-refractivity contribution in [2.24, 2.45) is 0 Å². The van der Waals surface area contributed by atoms with Crippen molar-refractivity contribution < 1.29 is 4.79 Å². The summed E-state index contributed by atoms with van der Waals surface area (Å²) in [6.07, 6.45) is 6.10. The van der Waals surface area contributed by atoms with Crippen LogP contribution in [0.1, 0.15) is 32.6 Å². The van der Waals surface area contributed by atoms with Crippen LogP contribution in [0, 0.1) is 0 Å². The number of carbonyl (C=O) groups is 1. The molecule has 0 saturated carbocycles. The summed E-state index contributed by atoms with van der Waals surface area (Å²) < 4.78 is 0. The zero-order chi connectivity index (χ0) is 13.2. The Morgan fingerprint density at radius 1 is 1.28 bits per heavy atom. The van der Waals surface area contributed by atoms with Crippen molar-refractivity contribution in [2.75, 3.05) is 24.1 Å². The van der Waals surface area contributed by atoms with E-state index in [1.165, 1.54) is 0 Å². The van der Waals surface area contributed by atoms with E-state index in [0.29, 0.717) is 5.69 Å². The number of rotatable bonds is 8. The molecule has 0 saturated heterocycles.